The van der Waals surface area contributed by atoms with Crippen molar-refractivity contribution in [3.63, 3.8) is 0 Å². The minimum absolute atomic E-state index is 0.0527. The van der Waals surface area contributed by atoms with Crippen molar-refractivity contribution < 1.29 is 23.9 Å². The van der Waals surface area contributed by atoms with Crippen molar-refractivity contribution in [3.8, 4) is 0 Å². The number of rotatable bonds is 6. The summed E-state index contributed by atoms with van der Waals surface area (Å²) in [6.07, 6.45) is -0.0527. The van der Waals surface area contributed by atoms with Gasteiger partial charge in [-0.1, -0.05) is 41.4 Å². The van der Waals surface area contributed by atoms with E-state index < -0.39 is 24.5 Å². The molecule has 0 fully saturated rings. The summed E-state index contributed by atoms with van der Waals surface area (Å²) in [7, 11) is 1.24. The van der Waals surface area contributed by atoms with Gasteiger partial charge in [-0.15, -0.1) is 0 Å². The summed E-state index contributed by atoms with van der Waals surface area (Å²) in [6.45, 7) is -0.490. The first-order chi connectivity index (χ1) is 12.4. The Balaban J connectivity index is 1.90. The van der Waals surface area contributed by atoms with E-state index in [9.17, 15) is 14.4 Å². The van der Waals surface area contributed by atoms with E-state index in [0.29, 0.717) is 15.6 Å². The Morgan fingerprint density at radius 2 is 1.77 bits per heavy atom. The maximum atomic E-state index is 12.0. The maximum absolute atomic E-state index is 12.0. The van der Waals surface area contributed by atoms with Gasteiger partial charge in [0.1, 0.15) is 0 Å². The molecule has 0 aliphatic rings. The number of nitrogens with one attached hydrogen (secondary N) is 1. The molecule has 0 saturated carbocycles. The number of carbonyl (C=O) groups is 3. The molecule has 0 heterocycles. The molecule has 0 unspecified atom stereocenters. The fourth-order valence-corrected chi connectivity index (χ4v) is 2.40. The Labute approximate surface area is 160 Å². The lowest BCUT2D eigenvalue weighted by molar-refractivity contribution is -0.146. The fraction of sp³-hybridized carbons (Fsp3) is 0.167. The second-order valence-corrected chi connectivity index (χ2v) is 5.99. The monoisotopic (exact) mass is 395 g/mol. The molecule has 136 valence electrons. The third-order valence-corrected chi connectivity index (χ3v) is 4.04. The van der Waals surface area contributed by atoms with Gasteiger partial charge in [0.25, 0.3) is 5.91 Å². The molecular weight excluding hydrogens is 381 g/mol. The van der Waals surface area contributed by atoms with Crippen molar-refractivity contribution in [3.05, 3.63) is 63.6 Å². The van der Waals surface area contributed by atoms with Gasteiger partial charge >= 0.3 is 11.9 Å². The summed E-state index contributed by atoms with van der Waals surface area (Å²) in [4.78, 5) is 35.4. The van der Waals surface area contributed by atoms with Crippen LogP contribution in [-0.2, 0) is 25.5 Å². The third kappa shape index (κ3) is 5.47. The lowest BCUT2D eigenvalue weighted by Crippen LogP contribution is -2.22. The topological polar surface area (TPSA) is 81.7 Å². The van der Waals surface area contributed by atoms with E-state index >= 15 is 0 Å². The number of esters is 2. The van der Waals surface area contributed by atoms with Crippen molar-refractivity contribution in [2.24, 2.45) is 0 Å². The molecule has 0 bridgehead atoms. The van der Waals surface area contributed by atoms with Gasteiger partial charge in [0, 0.05) is 0 Å². The number of hydrogen-bond donors (Lipinski definition) is 1. The van der Waals surface area contributed by atoms with E-state index in [-0.39, 0.29) is 17.7 Å². The first-order valence-electron chi connectivity index (χ1n) is 7.47. The number of para-hydroxylation sites is 1. The second-order valence-electron chi connectivity index (χ2n) is 5.17. The van der Waals surface area contributed by atoms with Crippen LogP contribution in [0.3, 0.4) is 0 Å². The van der Waals surface area contributed by atoms with E-state index in [1.165, 1.54) is 13.2 Å². The summed E-state index contributed by atoms with van der Waals surface area (Å²) >= 11 is 11.7. The summed E-state index contributed by atoms with van der Waals surface area (Å²) in [5.41, 5.74) is 1.08. The van der Waals surface area contributed by atoms with Gasteiger partial charge < -0.3 is 14.8 Å². The molecule has 0 aliphatic carbocycles. The van der Waals surface area contributed by atoms with E-state index in [2.05, 4.69) is 10.1 Å². The average molecular weight is 396 g/mol. The van der Waals surface area contributed by atoms with Crippen LogP contribution in [0.1, 0.15) is 15.9 Å². The van der Waals surface area contributed by atoms with Gasteiger partial charge in [0.2, 0.25) is 0 Å². The lowest BCUT2D eigenvalue weighted by atomic mass is 10.1. The van der Waals surface area contributed by atoms with Crippen LogP contribution in [0.4, 0.5) is 5.69 Å². The van der Waals surface area contributed by atoms with E-state index in [4.69, 9.17) is 27.9 Å². The third-order valence-electron chi connectivity index (χ3n) is 3.30. The van der Waals surface area contributed by atoms with Crippen molar-refractivity contribution in [1.82, 2.24) is 0 Å². The van der Waals surface area contributed by atoms with Crippen molar-refractivity contribution in [2.45, 2.75) is 6.42 Å². The summed E-state index contributed by atoms with van der Waals surface area (Å²) < 4.78 is 9.58. The van der Waals surface area contributed by atoms with Crippen LogP contribution in [0.5, 0.6) is 0 Å². The van der Waals surface area contributed by atoms with Gasteiger partial charge in [-0.3, -0.25) is 9.59 Å². The molecule has 2 rings (SSSR count). The molecule has 2 aromatic rings. The highest BCUT2D eigenvalue weighted by Gasteiger charge is 2.14. The van der Waals surface area contributed by atoms with Crippen LogP contribution in [0.15, 0.2) is 42.5 Å². The smallest absolute Gasteiger partial charge is 0.339 e. The number of anilines is 1. The largest absolute Gasteiger partial charge is 0.465 e. The molecule has 1 amide bonds. The predicted octanol–water partition coefficient (Wildman–Crippen LogP) is 3.50. The summed E-state index contributed by atoms with van der Waals surface area (Å²) in [6, 6.07) is 11.1. The Kier molecular flexibility index (Phi) is 7.00. The zero-order valence-electron chi connectivity index (χ0n) is 13.8. The zero-order valence-corrected chi connectivity index (χ0v) is 15.3. The highest BCUT2D eigenvalue weighted by Crippen LogP contribution is 2.23. The number of benzene rings is 2. The highest BCUT2D eigenvalue weighted by atomic mass is 35.5. The molecule has 0 aliphatic heterocycles. The minimum atomic E-state index is -0.597. The van der Waals surface area contributed by atoms with E-state index in [1.54, 1.807) is 36.4 Å². The van der Waals surface area contributed by atoms with Crippen LogP contribution in [-0.4, -0.2) is 31.6 Å². The van der Waals surface area contributed by atoms with Crippen molar-refractivity contribution in [1.29, 1.82) is 0 Å². The van der Waals surface area contributed by atoms with Crippen LogP contribution < -0.4 is 5.32 Å². The highest BCUT2D eigenvalue weighted by molar-refractivity contribution is 6.42. The SMILES string of the molecule is COC(=O)c1ccccc1NC(=O)COC(=O)Cc1ccc(Cl)c(Cl)c1. The summed E-state index contributed by atoms with van der Waals surface area (Å²) in [5.74, 6) is -1.76. The lowest BCUT2D eigenvalue weighted by Gasteiger charge is -2.10. The molecule has 0 spiro atoms. The second kappa shape index (κ2) is 9.22. The van der Waals surface area contributed by atoms with Crippen molar-refractivity contribution in [2.75, 3.05) is 19.0 Å². The van der Waals surface area contributed by atoms with Gasteiger partial charge in [0.05, 0.1) is 34.8 Å². The standard InChI is InChI=1S/C18H15Cl2NO5/c1-25-18(24)12-4-2-3-5-15(12)21-16(22)10-26-17(23)9-11-6-7-13(19)14(20)8-11/h2-8H,9-10H2,1H3,(H,21,22). The van der Waals surface area contributed by atoms with Gasteiger partial charge in [0.15, 0.2) is 6.61 Å². The first-order valence-corrected chi connectivity index (χ1v) is 8.23. The quantitative estimate of drug-likeness (QED) is 0.756. The number of amides is 1. The number of hydrogen-bond acceptors (Lipinski definition) is 5. The number of halogens is 2. The van der Waals surface area contributed by atoms with E-state index in [1.807, 2.05) is 0 Å². The Morgan fingerprint density at radius 3 is 2.46 bits per heavy atom. The summed E-state index contributed by atoms with van der Waals surface area (Å²) in [5, 5.41) is 3.22. The number of carbonyl (C=O) groups excluding carboxylic acids is 3. The average Bonchev–Trinajstić information content (AvgIpc) is 2.63. The van der Waals surface area contributed by atoms with Gasteiger partial charge in [-0.2, -0.15) is 0 Å². The van der Waals surface area contributed by atoms with E-state index in [0.717, 1.165) is 0 Å². The van der Waals surface area contributed by atoms with Crippen LogP contribution in [0, 0.1) is 0 Å². The normalized spacial score (nSPS) is 10.1. The molecule has 0 aromatic heterocycles. The zero-order chi connectivity index (χ0) is 19.1. The van der Waals surface area contributed by atoms with Crippen LogP contribution >= 0.6 is 23.2 Å². The Bertz CT molecular complexity index is 838. The van der Waals surface area contributed by atoms with Gasteiger partial charge in [-0.25, -0.2) is 4.79 Å². The van der Waals surface area contributed by atoms with Crippen LogP contribution in [0.2, 0.25) is 10.0 Å². The Morgan fingerprint density at radius 1 is 1.04 bits per heavy atom. The number of ether oxygens (including phenoxy) is 2. The molecule has 6 nitrogen and oxygen atoms in total. The molecule has 8 heteroatoms. The molecule has 26 heavy (non-hydrogen) atoms. The first kappa shape index (κ1) is 19.8. The molecule has 1 N–H and O–H groups in total. The number of methoxy groups -OCH3 is 1. The minimum Gasteiger partial charge on any atom is -0.465 e. The molecular formula is C18H15Cl2NO5. The van der Waals surface area contributed by atoms with Crippen LogP contribution in [0.25, 0.3) is 0 Å². The van der Waals surface area contributed by atoms with Crippen molar-refractivity contribution >= 4 is 46.7 Å². The predicted molar refractivity (Wildman–Crippen MR) is 97.5 cm³/mol. The Hall–Kier alpha value is -2.57. The molecule has 2 aromatic carbocycles. The molecule has 0 radical (unpaired) electrons. The maximum Gasteiger partial charge on any atom is 0.339 e. The van der Waals surface area contributed by atoms with Gasteiger partial charge in [-0.05, 0) is 29.8 Å². The molecule has 0 atom stereocenters. The fourth-order valence-electron chi connectivity index (χ4n) is 2.08. The molecule has 0 saturated heterocycles.